The molecule has 0 radical (unpaired) electrons. The molecule has 2 aromatic heterocycles. The number of nitrogens with one attached hydrogen (secondary N) is 1. The molecule has 0 aliphatic heterocycles. The smallest absolute Gasteiger partial charge is 0.250 e. The number of thiazole rings is 2. The molecule has 4 aromatic rings. The Hall–Kier alpha value is -3.76. The van der Waals surface area contributed by atoms with Crippen LogP contribution in [-0.4, -0.2) is 21.8 Å². The Morgan fingerprint density at radius 1 is 1.03 bits per heavy atom. The number of hydrogen-bond donors (Lipinski definition) is 1. The summed E-state index contributed by atoms with van der Waals surface area (Å²) in [7, 11) is 0. The van der Waals surface area contributed by atoms with Crippen LogP contribution in [0.25, 0.3) is 17.3 Å². The van der Waals surface area contributed by atoms with Crippen molar-refractivity contribution in [1.29, 1.82) is 0 Å². The van der Waals surface area contributed by atoms with E-state index < -0.39 is 17.5 Å². The first-order valence-electron chi connectivity index (χ1n) is 9.62. The molecule has 0 aliphatic rings. The third kappa shape index (κ3) is 5.36. The summed E-state index contributed by atoms with van der Waals surface area (Å²) in [5.74, 6) is -1.82. The second-order valence-corrected chi connectivity index (χ2v) is 8.42. The van der Waals surface area contributed by atoms with Crippen LogP contribution in [0, 0.1) is 11.6 Å². The summed E-state index contributed by atoms with van der Waals surface area (Å²) in [6.45, 7) is 1.45. The topological polar surface area (TPSA) is 75.2 Å². The minimum atomic E-state index is -0.603. The lowest BCUT2D eigenvalue weighted by molar-refractivity contribution is -0.116. The molecule has 0 saturated heterocycles. The summed E-state index contributed by atoms with van der Waals surface area (Å²) in [4.78, 5) is 34.4. The monoisotopic (exact) mass is 482 g/mol. The van der Waals surface area contributed by atoms with E-state index in [0.29, 0.717) is 16.5 Å². The number of amides is 2. The van der Waals surface area contributed by atoms with Crippen molar-refractivity contribution in [3.63, 3.8) is 0 Å². The van der Waals surface area contributed by atoms with Crippen LogP contribution in [0.3, 0.4) is 0 Å². The predicted octanol–water partition coefficient (Wildman–Crippen LogP) is 5.88. The molecule has 2 heterocycles. The van der Waals surface area contributed by atoms with Crippen LogP contribution in [-0.2, 0) is 9.59 Å². The van der Waals surface area contributed by atoms with Crippen molar-refractivity contribution in [1.82, 2.24) is 9.97 Å². The molecule has 1 N–H and O–H groups in total. The lowest BCUT2D eigenvalue weighted by Crippen LogP contribution is -2.22. The molecule has 10 heteroatoms. The van der Waals surface area contributed by atoms with E-state index >= 15 is 0 Å². The van der Waals surface area contributed by atoms with E-state index in [4.69, 9.17) is 0 Å². The highest BCUT2D eigenvalue weighted by atomic mass is 32.1. The number of aromatic nitrogens is 2. The van der Waals surface area contributed by atoms with Crippen molar-refractivity contribution < 1.29 is 18.4 Å². The summed E-state index contributed by atoms with van der Waals surface area (Å²) in [5.41, 5.74) is 1.45. The lowest BCUT2D eigenvalue weighted by atomic mass is 10.1. The number of anilines is 3. The van der Waals surface area contributed by atoms with Gasteiger partial charge in [-0.15, -0.1) is 22.7 Å². The third-order valence-electron chi connectivity index (χ3n) is 4.37. The number of rotatable bonds is 6. The van der Waals surface area contributed by atoms with Crippen LogP contribution in [0.1, 0.15) is 12.6 Å². The maximum Gasteiger partial charge on any atom is 0.250 e. The maximum absolute atomic E-state index is 13.9. The van der Waals surface area contributed by atoms with Gasteiger partial charge in [-0.05, 0) is 36.4 Å². The van der Waals surface area contributed by atoms with Gasteiger partial charge < -0.3 is 0 Å². The Balaban J connectivity index is 1.44. The number of benzene rings is 2. The number of nitrogens with zero attached hydrogens (tertiary/aromatic N) is 3. The van der Waals surface area contributed by atoms with Crippen molar-refractivity contribution in [2.75, 3.05) is 10.2 Å². The van der Waals surface area contributed by atoms with Crippen LogP contribution < -0.4 is 10.2 Å². The van der Waals surface area contributed by atoms with Gasteiger partial charge in [-0.2, -0.15) is 0 Å². The zero-order valence-corrected chi connectivity index (χ0v) is 18.8. The summed E-state index contributed by atoms with van der Waals surface area (Å²) in [6.07, 6.45) is 2.79. The fraction of sp³-hybridized carbons (Fsp3) is 0.0435. The SMILES string of the molecule is CC(=O)N(c1ccccc1)c1nc(/C=C/C(=O)Nc2nc(-c3cc(F)ccc3F)cs2)cs1. The minimum absolute atomic E-state index is 0.0192. The van der Waals surface area contributed by atoms with Gasteiger partial charge in [0.2, 0.25) is 11.8 Å². The Morgan fingerprint density at radius 2 is 1.82 bits per heavy atom. The number of carbonyl (C=O) groups is 2. The van der Waals surface area contributed by atoms with E-state index in [1.54, 1.807) is 5.38 Å². The van der Waals surface area contributed by atoms with Crippen molar-refractivity contribution in [3.8, 4) is 11.3 Å². The van der Waals surface area contributed by atoms with Gasteiger partial charge in [0.1, 0.15) is 11.6 Å². The fourth-order valence-electron chi connectivity index (χ4n) is 2.92. The largest absolute Gasteiger partial charge is 0.298 e. The molecule has 0 saturated carbocycles. The third-order valence-corrected chi connectivity index (χ3v) is 5.98. The summed E-state index contributed by atoms with van der Waals surface area (Å²) < 4.78 is 27.3. The van der Waals surface area contributed by atoms with E-state index in [9.17, 15) is 18.4 Å². The van der Waals surface area contributed by atoms with Crippen LogP contribution >= 0.6 is 22.7 Å². The highest BCUT2D eigenvalue weighted by molar-refractivity contribution is 7.14. The second kappa shape index (κ2) is 9.80. The molecule has 0 atom stereocenters. The summed E-state index contributed by atoms with van der Waals surface area (Å²) in [6, 6.07) is 12.2. The molecule has 2 amide bonds. The molecule has 0 aliphatic carbocycles. The lowest BCUT2D eigenvalue weighted by Gasteiger charge is -2.17. The van der Waals surface area contributed by atoms with E-state index in [-0.39, 0.29) is 22.3 Å². The van der Waals surface area contributed by atoms with Gasteiger partial charge in [0.25, 0.3) is 0 Å². The van der Waals surface area contributed by atoms with Crippen molar-refractivity contribution >= 4 is 56.5 Å². The van der Waals surface area contributed by atoms with Gasteiger partial charge in [-0.1, -0.05) is 18.2 Å². The van der Waals surface area contributed by atoms with Gasteiger partial charge in [-0.3, -0.25) is 19.8 Å². The average Bonchev–Trinajstić information content (AvgIpc) is 3.44. The average molecular weight is 483 g/mol. The summed E-state index contributed by atoms with van der Waals surface area (Å²) >= 11 is 2.37. The van der Waals surface area contributed by atoms with Crippen LogP contribution in [0.4, 0.5) is 24.7 Å². The number of hydrogen-bond acceptors (Lipinski definition) is 6. The number of halogens is 2. The van der Waals surface area contributed by atoms with E-state index in [1.807, 2.05) is 30.3 Å². The standard InChI is InChI=1S/C23H16F2N4O2S2/c1-14(30)29(17-5-3-2-4-6-17)23-26-16(12-33-23)8-10-21(31)28-22-27-20(13-32-22)18-11-15(24)7-9-19(18)25/h2-13H,1H3,(H,27,28,31)/b10-8+. The highest BCUT2D eigenvalue weighted by Crippen LogP contribution is 2.30. The van der Waals surface area contributed by atoms with Gasteiger partial charge in [0, 0.05) is 29.3 Å². The molecular formula is C23H16F2N4O2S2. The molecule has 33 heavy (non-hydrogen) atoms. The molecule has 6 nitrogen and oxygen atoms in total. The summed E-state index contributed by atoms with van der Waals surface area (Å²) in [5, 5.41) is 6.57. The first-order valence-corrected chi connectivity index (χ1v) is 11.4. The zero-order valence-electron chi connectivity index (χ0n) is 17.2. The molecule has 166 valence electrons. The van der Waals surface area contributed by atoms with Crippen LogP contribution in [0.2, 0.25) is 0 Å². The quantitative estimate of drug-likeness (QED) is 0.348. The fourth-order valence-corrected chi connectivity index (χ4v) is 4.48. The van der Waals surface area contributed by atoms with E-state index in [0.717, 1.165) is 29.5 Å². The second-order valence-electron chi connectivity index (χ2n) is 6.73. The van der Waals surface area contributed by atoms with Crippen LogP contribution in [0.15, 0.2) is 65.4 Å². The van der Waals surface area contributed by atoms with Crippen molar-refractivity contribution in [2.45, 2.75) is 6.92 Å². The minimum Gasteiger partial charge on any atom is -0.298 e. The normalized spacial score (nSPS) is 11.0. The first kappa shape index (κ1) is 22.4. The van der Waals surface area contributed by atoms with E-state index in [2.05, 4.69) is 15.3 Å². The molecule has 0 bridgehead atoms. The van der Waals surface area contributed by atoms with Crippen molar-refractivity contribution in [3.05, 3.63) is 82.7 Å². The first-order chi connectivity index (χ1) is 15.9. The highest BCUT2D eigenvalue weighted by Gasteiger charge is 2.17. The molecule has 0 unspecified atom stereocenters. The molecule has 4 rings (SSSR count). The maximum atomic E-state index is 13.9. The molecule has 0 spiro atoms. The predicted molar refractivity (Wildman–Crippen MR) is 127 cm³/mol. The zero-order chi connectivity index (χ0) is 23.4. The van der Waals surface area contributed by atoms with Gasteiger partial charge in [0.05, 0.1) is 17.1 Å². The Labute approximate surface area is 195 Å². The van der Waals surface area contributed by atoms with Gasteiger partial charge in [0.15, 0.2) is 10.3 Å². The van der Waals surface area contributed by atoms with Gasteiger partial charge >= 0.3 is 0 Å². The van der Waals surface area contributed by atoms with E-state index in [1.165, 1.54) is 40.7 Å². The Bertz CT molecular complexity index is 1340. The molecular weight excluding hydrogens is 466 g/mol. The molecule has 0 fully saturated rings. The molecule has 2 aromatic carbocycles. The Kier molecular flexibility index (Phi) is 6.66. The Morgan fingerprint density at radius 3 is 2.58 bits per heavy atom. The number of para-hydroxylation sites is 1. The van der Waals surface area contributed by atoms with Crippen molar-refractivity contribution in [2.24, 2.45) is 0 Å². The van der Waals surface area contributed by atoms with Gasteiger partial charge in [-0.25, -0.2) is 18.7 Å². The van der Waals surface area contributed by atoms with Crippen LogP contribution in [0.5, 0.6) is 0 Å². The number of carbonyl (C=O) groups excluding carboxylic acids is 2.